The number of piperidine rings is 2. The lowest BCUT2D eigenvalue weighted by Crippen LogP contribution is -2.55. The molecule has 0 aromatic carbocycles. The molecule has 0 aromatic rings. The van der Waals surface area contributed by atoms with Crippen LogP contribution in [0.25, 0.3) is 0 Å². The van der Waals surface area contributed by atoms with Crippen LogP contribution in [0, 0.1) is 11.3 Å². The molecular weight excluding hydrogens is 186 g/mol. The Labute approximate surface area is 92.7 Å². The highest BCUT2D eigenvalue weighted by atomic mass is 15.2. The predicted molar refractivity (Wildman–Crippen MR) is 60.5 cm³/mol. The summed E-state index contributed by atoms with van der Waals surface area (Å²) in [4.78, 5) is 4.78. The Bertz CT molecular complexity index is 242. The summed E-state index contributed by atoms with van der Waals surface area (Å²) in [5.74, 6) is 0. The van der Waals surface area contributed by atoms with Gasteiger partial charge < -0.3 is 4.90 Å². The van der Waals surface area contributed by atoms with E-state index in [0.29, 0.717) is 0 Å². The minimum Gasteiger partial charge on any atom is -0.306 e. The van der Waals surface area contributed by atoms with Gasteiger partial charge in [0.05, 0.1) is 6.07 Å². The highest BCUT2D eigenvalue weighted by Crippen LogP contribution is 2.30. The van der Waals surface area contributed by atoms with E-state index in [1.807, 2.05) is 0 Å². The first kappa shape index (κ1) is 10.9. The molecule has 2 aliphatic rings. The van der Waals surface area contributed by atoms with Crippen LogP contribution in [-0.2, 0) is 0 Å². The van der Waals surface area contributed by atoms with Crippen LogP contribution in [0.1, 0.15) is 32.1 Å². The van der Waals surface area contributed by atoms with Gasteiger partial charge in [-0.1, -0.05) is 6.42 Å². The Kier molecular flexibility index (Phi) is 3.28. The largest absolute Gasteiger partial charge is 0.306 e. The maximum absolute atomic E-state index is 9.47. The average Bonchev–Trinajstić information content (AvgIpc) is 2.32. The van der Waals surface area contributed by atoms with E-state index in [4.69, 9.17) is 0 Å². The van der Waals surface area contributed by atoms with E-state index in [2.05, 4.69) is 22.9 Å². The molecule has 2 saturated heterocycles. The smallest absolute Gasteiger partial charge is 0.111 e. The zero-order valence-corrected chi connectivity index (χ0v) is 9.71. The molecule has 2 heterocycles. The molecule has 0 saturated carbocycles. The van der Waals surface area contributed by atoms with Crippen molar-refractivity contribution in [2.24, 2.45) is 0 Å². The number of likely N-dealkylation sites (tertiary alicyclic amines) is 2. The molecule has 0 spiro atoms. The second-order valence-corrected chi connectivity index (χ2v) is 4.99. The topological polar surface area (TPSA) is 30.3 Å². The molecule has 0 radical (unpaired) electrons. The van der Waals surface area contributed by atoms with Crippen molar-refractivity contribution in [3.8, 4) is 6.07 Å². The second-order valence-electron chi connectivity index (χ2n) is 4.99. The van der Waals surface area contributed by atoms with Crippen LogP contribution in [0.4, 0.5) is 0 Å². The maximum atomic E-state index is 9.47. The molecule has 0 N–H and O–H groups in total. The zero-order valence-electron chi connectivity index (χ0n) is 9.71. The SMILES string of the molecule is CN1CCC(C#N)(N2CCCCC2)CC1. The van der Waals surface area contributed by atoms with Crippen molar-refractivity contribution in [3.05, 3.63) is 0 Å². The molecule has 0 aromatic heterocycles. The monoisotopic (exact) mass is 207 g/mol. The van der Waals surface area contributed by atoms with Gasteiger partial charge >= 0.3 is 0 Å². The van der Waals surface area contributed by atoms with Gasteiger partial charge in [0.2, 0.25) is 0 Å². The Morgan fingerprint density at radius 3 is 2.13 bits per heavy atom. The van der Waals surface area contributed by atoms with Crippen molar-refractivity contribution in [3.63, 3.8) is 0 Å². The number of nitriles is 1. The van der Waals surface area contributed by atoms with Crippen molar-refractivity contribution in [1.82, 2.24) is 9.80 Å². The molecule has 3 nitrogen and oxygen atoms in total. The third-order valence-electron chi connectivity index (χ3n) is 3.98. The lowest BCUT2D eigenvalue weighted by Gasteiger charge is -2.45. The highest BCUT2D eigenvalue weighted by Gasteiger charge is 2.39. The van der Waals surface area contributed by atoms with E-state index < -0.39 is 0 Å². The molecule has 15 heavy (non-hydrogen) atoms. The molecule has 2 aliphatic heterocycles. The third-order valence-corrected chi connectivity index (χ3v) is 3.98. The maximum Gasteiger partial charge on any atom is 0.111 e. The van der Waals surface area contributed by atoms with E-state index in [9.17, 15) is 5.26 Å². The van der Waals surface area contributed by atoms with Gasteiger partial charge in [-0.05, 0) is 45.8 Å². The summed E-state index contributed by atoms with van der Waals surface area (Å²) in [5.41, 5.74) is -0.132. The molecule has 0 aliphatic carbocycles. The molecule has 0 amide bonds. The fraction of sp³-hybridized carbons (Fsp3) is 0.917. The zero-order chi connectivity index (χ0) is 10.7. The fourth-order valence-corrected chi connectivity index (χ4v) is 2.81. The molecule has 0 unspecified atom stereocenters. The average molecular weight is 207 g/mol. The van der Waals surface area contributed by atoms with E-state index >= 15 is 0 Å². The third kappa shape index (κ3) is 2.16. The van der Waals surface area contributed by atoms with Gasteiger partial charge in [0, 0.05) is 13.1 Å². The quantitative estimate of drug-likeness (QED) is 0.652. The van der Waals surface area contributed by atoms with E-state index in [0.717, 1.165) is 39.0 Å². The number of hydrogen-bond donors (Lipinski definition) is 0. The number of nitrogens with zero attached hydrogens (tertiary/aromatic N) is 3. The number of hydrogen-bond acceptors (Lipinski definition) is 3. The van der Waals surface area contributed by atoms with Crippen LogP contribution in [0.3, 0.4) is 0 Å². The Morgan fingerprint density at radius 2 is 1.60 bits per heavy atom. The van der Waals surface area contributed by atoms with Crippen molar-refractivity contribution >= 4 is 0 Å². The summed E-state index contributed by atoms with van der Waals surface area (Å²) in [7, 11) is 2.15. The van der Waals surface area contributed by atoms with Crippen LogP contribution in [0.2, 0.25) is 0 Å². The van der Waals surface area contributed by atoms with Gasteiger partial charge in [0.25, 0.3) is 0 Å². The highest BCUT2D eigenvalue weighted by molar-refractivity contribution is 5.11. The molecule has 3 heteroatoms. The van der Waals surface area contributed by atoms with Gasteiger partial charge in [0.15, 0.2) is 0 Å². The van der Waals surface area contributed by atoms with Crippen LogP contribution in [-0.4, -0.2) is 48.6 Å². The standard InChI is InChI=1S/C12H21N3/c1-14-9-5-12(11-13,6-10-14)15-7-3-2-4-8-15/h2-10H2,1H3. The fourth-order valence-electron chi connectivity index (χ4n) is 2.81. The van der Waals surface area contributed by atoms with Gasteiger partial charge in [-0.15, -0.1) is 0 Å². The lowest BCUT2D eigenvalue weighted by atomic mass is 9.86. The van der Waals surface area contributed by atoms with Crippen LogP contribution < -0.4 is 0 Å². The molecule has 0 atom stereocenters. The van der Waals surface area contributed by atoms with Gasteiger partial charge in [-0.2, -0.15) is 5.26 Å². The summed E-state index contributed by atoms with van der Waals surface area (Å²) < 4.78 is 0. The Balaban J connectivity index is 2.04. The summed E-state index contributed by atoms with van der Waals surface area (Å²) in [6.07, 6.45) is 5.95. The first-order valence-corrected chi connectivity index (χ1v) is 6.12. The first-order valence-electron chi connectivity index (χ1n) is 6.12. The summed E-state index contributed by atoms with van der Waals surface area (Å²) in [5, 5.41) is 9.47. The normalized spacial score (nSPS) is 28.5. The van der Waals surface area contributed by atoms with Crippen molar-refractivity contribution in [2.75, 3.05) is 33.2 Å². The van der Waals surface area contributed by atoms with E-state index in [-0.39, 0.29) is 5.54 Å². The molecule has 84 valence electrons. The summed E-state index contributed by atoms with van der Waals surface area (Å²) in [6.45, 7) is 4.42. The van der Waals surface area contributed by atoms with Crippen LogP contribution in [0.5, 0.6) is 0 Å². The lowest BCUT2D eigenvalue weighted by molar-refractivity contribution is 0.0543. The molecule has 2 fully saturated rings. The van der Waals surface area contributed by atoms with Gasteiger partial charge in [-0.3, -0.25) is 4.90 Å². The first-order chi connectivity index (χ1) is 7.27. The van der Waals surface area contributed by atoms with Gasteiger partial charge in [0.1, 0.15) is 5.54 Å². The van der Waals surface area contributed by atoms with Crippen molar-refractivity contribution in [1.29, 1.82) is 5.26 Å². The van der Waals surface area contributed by atoms with Crippen LogP contribution in [0.15, 0.2) is 0 Å². The molecular formula is C12H21N3. The second kappa shape index (κ2) is 4.51. The predicted octanol–water partition coefficient (Wildman–Crippen LogP) is 1.46. The minimum absolute atomic E-state index is 0.132. The van der Waals surface area contributed by atoms with Gasteiger partial charge in [-0.25, -0.2) is 0 Å². The molecule has 0 bridgehead atoms. The minimum atomic E-state index is -0.132. The van der Waals surface area contributed by atoms with E-state index in [1.54, 1.807) is 0 Å². The summed E-state index contributed by atoms with van der Waals surface area (Å²) in [6, 6.07) is 2.61. The van der Waals surface area contributed by atoms with E-state index in [1.165, 1.54) is 19.3 Å². The molecule has 2 rings (SSSR count). The Hall–Kier alpha value is -0.590. The Morgan fingerprint density at radius 1 is 1.00 bits per heavy atom. The van der Waals surface area contributed by atoms with Crippen LogP contribution >= 0.6 is 0 Å². The number of rotatable bonds is 1. The van der Waals surface area contributed by atoms with Crippen molar-refractivity contribution in [2.45, 2.75) is 37.6 Å². The van der Waals surface area contributed by atoms with Crippen molar-refractivity contribution < 1.29 is 0 Å². The summed E-state index contributed by atoms with van der Waals surface area (Å²) >= 11 is 0.